The number of carbonyl (C=O) groups excluding carboxylic acids is 1. The molecule has 5 nitrogen and oxygen atoms in total. The normalized spacial score (nSPS) is 15.0. The Balaban J connectivity index is 2.03. The molecule has 116 valence electrons. The van der Waals surface area contributed by atoms with E-state index in [2.05, 4.69) is 5.16 Å². The number of sulfone groups is 1. The van der Waals surface area contributed by atoms with Crippen molar-refractivity contribution in [2.75, 3.05) is 12.5 Å². The predicted molar refractivity (Wildman–Crippen MR) is 83.2 cm³/mol. The molecule has 0 radical (unpaired) electrons. The third kappa shape index (κ3) is 2.83. The molecular formula is C15H15NO4S2. The average Bonchev–Trinajstić information content (AvgIpc) is 3.22. The van der Waals surface area contributed by atoms with Gasteiger partial charge in [0.1, 0.15) is 0 Å². The molecule has 3 rings (SSSR count). The second-order valence-corrected chi connectivity index (χ2v) is 8.21. The van der Waals surface area contributed by atoms with Crippen LogP contribution in [-0.4, -0.2) is 31.9 Å². The Morgan fingerprint density at radius 2 is 2.05 bits per heavy atom. The standard InChI is InChI=1S/C15H15NO4S2/c1-21-13-7-10(22(2,18)19)5-6-11(13)14(17)12-8-16-20-15(12)9-3-4-9/h5-9H,3-4H2,1-2H3. The minimum absolute atomic E-state index is 0.174. The lowest BCUT2D eigenvalue weighted by molar-refractivity contribution is 0.103. The summed E-state index contributed by atoms with van der Waals surface area (Å²) in [6.45, 7) is 0. The maximum Gasteiger partial charge on any atom is 0.199 e. The third-order valence-electron chi connectivity index (χ3n) is 3.64. The van der Waals surface area contributed by atoms with Gasteiger partial charge in [-0.3, -0.25) is 4.79 Å². The minimum Gasteiger partial charge on any atom is -0.360 e. The third-order valence-corrected chi connectivity index (χ3v) is 5.52. The Kier molecular flexibility index (Phi) is 3.86. The zero-order valence-corrected chi connectivity index (χ0v) is 13.8. The molecule has 22 heavy (non-hydrogen) atoms. The maximum atomic E-state index is 12.7. The lowest BCUT2D eigenvalue weighted by Crippen LogP contribution is -2.06. The number of aromatic nitrogens is 1. The van der Waals surface area contributed by atoms with Gasteiger partial charge in [0, 0.05) is 22.6 Å². The van der Waals surface area contributed by atoms with E-state index in [1.807, 2.05) is 6.26 Å². The molecule has 0 amide bonds. The van der Waals surface area contributed by atoms with Crippen molar-refractivity contribution >= 4 is 27.4 Å². The van der Waals surface area contributed by atoms with Crippen molar-refractivity contribution in [3.05, 3.63) is 41.3 Å². The second kappa shape index (κ2) is 5.55. The van der Waals surface area contributed by atoms with Crippen molar-refractivity contribution in [3.8, 4) is 0 Å². The predicted octanol–water partition coefficient (Wildman–Crippen LogP) is 2.91. The van der Waals surface area contributed by atoms with Crippen molar-refractivity contribution in [1.82, 2.24) is 5.16 Å². The molecule has 1 aliphatic carbocycles. The van der Waals surface area contributed by atoms with Crippen LogP contribution in [0.5, 0.6) is 0 Å². The van der Waals surface area contributed by atoms with E-state index in [-0.39, 0.29) is 16.6 Å². The maximum absolute atomic E-state index is 12.7. The van der Waals surface area contributed by atoms with Gasteiger partial charge in [0.25, 0.3) is 0 Å². The van der Waals surface area contributed by atoms with Gasteiger partial charge in [-0.05, 0) is 37.3 Å². The van der Waals surface area contributed by atoms with Gasteiger partial charge in [-0.1, -0.05) is 5.16 Å². The molecule has 0 aliphatic heterocycles. The Morgan fingerprint density at radius 3 is 2.64 bits per heavy atom. The SMILES string of the molecule is CSc1cc(S(C)(=O)=O)ccc1C(=O)c1cnoc1C1CC1. The van der Waals surface area contributed by atoms with E-state index in [0.29, 0.717) is 21.8 Å². The fourth-order valence-electron chi connectivity index (χ4n) is 2.29. The summed E-state index contributed by atoms with van der Waals surface area (Å²) in [5.74, 6) is 0.756. The van der Waals surface area contributed by atoms with Gasteiger partial charge in [-0.15, -0.1) is 11.8 Å². The second-order valence-electron chi connectivity index (χ2n) is 5.34. The van der Waals surface area contributed by atoms with E-state index >= 15 is 0 Å². The average molecular weight is 337 g/mol. The van der Waals surface area contributed by atoms with Crippen LogP contribution in [0.2, 0.25) is 0 Å². The van der Waals surface area contributed by atoms with Crippen molar-refractivity contribution in [2.45, 2.75) is 28.6 Å². The molecule has 1 aromatic carbocycles. The highest BCUT2D eigenvalue weighted by Crippen LogP contribution is 2.42. The van der Waals surface area contributed by atoms with E-state index in [9.17, 15) is 13.2 Å². The first kappa shape index (κ1) is 15.3. The Hall–Kier alpha value is -1.60. The smallest absolute Gasteiger partial charge is 0.199 e. The molecule has 1 saturated carbocycles. The van der Waals surface area contributed by atoms with Crippen molar-refractivity contribution in [2.24, 2.45) is 0 Å². The van der Waals surface area contributed by atoms with E-state index in [1.165, 1.54) is 30.1 Å². The van der Waals surface area contributed by atoms with Crippen LogP contribution in [0.3, 0.4) is 0 Å². The summed E-state index contributed by atoms with van der Waals surface area (Å²) in [5, 5.41) is 3.74. The fraction of sp³-hybridized carbons (Fsp3) is 0.333. The number of hydrogen-bond acceptors (Lipinski definition) is 6. The van der Waals surface area contributed by atoms with Crippen LogP contribution in [0.4, 0.5) is 0 Å². The van der Waals surface area contributed by atoms with Gasteiger partial charge in [-0.2, -0.15) is 0 Å². The minimum atomic E-state index is -3.30. The van der Waals surface area contributed by atoms with E-state index in [4.69, 9.17) is 4.52 Å². The highest BCUT2D eigenvalue weighted by atomic mass is 32.2. The van der Waals surface area contributed by atoms with Crippen LogP contribution in [-0.2, 0) is 9.84 Å². The zero-order chi connectivity index (χ0) is 15.9. The number of benzene rings is 1. The Bertz CT molecular complexity index is 835. The van der Waals surface area contributed by atoms with Gasteiger partial charge in [0.2, 0.25) is 0 Å². The molecular weight excluding hydrogens is 322 g/mol. The summed E-state index contributed by atoms with van der Waals surface area (Å²) < 4.78 is 28.5. The molecule has 0 unspecified atom stereocenters. The van der Waals surface area contributed by atoms with Crippen LogP contribution in [0.25, 0.3) is 0 Å². The molecule has 1 aliphatic rings. The summed E-state index contributed by atoms with van der Waals surface area (Å²) >= 11 is 1.34. The Labute approximate surface area is 133 Å². The largest absolute Gasteiger partial charge is 0.360 e. The summed E-state index contributed by atoms with van der Waals surface area (Å²) in [4.78, 5) is 13.6. The van der Waals surface area contributed by atoms with Crippen LogP contribution in [0, 0.1) is 0 Å². The number of ketones is 1. The molecule has 1 heterocycles. The number of nitrogens with zero attached hydrogens (tertiary/aromatic N) is 1. The van der Waals surface area contributed by atoms with Crippen LogP contribution < -0.4 is 0 Å². The first-order valence-corrected chi connectivity index (χ1v) is 9.91. The highest BCUT2D eigenvalue weighted by Gasteiger charge is 2.33. The summed E-state index contributed by atoms with van der Waals surface area (Å²) in [5.41, 5.74) is 0.954. The van der Waals surface area contributed by atoms with Gasteiger partial charge in [0.05, 0.1) is 16.7 Å². The molecule has 0 atom stereocenters. The van der Waals surface area contributed by atoms with Crippen LogP contribution in [0.15, 0.2) is 38.7 Å². The number of thioether (sulfide) groups is 1. The number of carbonyl (C=O) groups is 1. The zero-order valence-electron chi connectivity index (χ0n) is 12.2. The molecule has 0 bridgehead atoms. The first-order valence-electron chi connectivity index (χ1n) is 6.79. The Morgan fingerprint density at radius 1 is 1.32 bits per heavy atom. The quantitative estimate of drug-likeness (QED) is 0.617. The lowest BCUT2D eigenvalue weighted by Gasteiger charge is -2.08. The van der Waals surface area contributed by atoms with E-state index in [1.54, 1.807) is 6.07 Å². The molecule has 2 aromatic rings. The molecule has 1 aromatic heterocycles. The van der Waals surface area contributed by atoms with Crippen molar-refractivity contribution in [3.63, 3.8) is 0 Å². The number of hydrogen-bond donors (Lipinski definition) is 0. The monoisotopic (exact) mass is 337 g/mol. The summed E-state index contributed by atoms with van der Waals surface area (Å²) in [6.07, 6.45) is 6.44. The number of rotatable bonds is 5. The first-order chi connectivity index (χ1) is 10.4. The van der Waals surface area contributed by atoms with E-state index in [0.717, 1.165) is 19.1 Å². The molecule has 7 heteroatoms. The highest BCUT2D eigenvalue weighted by molar-refractivity contribution is 7.98. The summed E-state index contributed by atoms with van der Waals surface area (Å²) in [6, 6.07) is 4.57. The lowest BCUT2D eigenvalue weighted by atomic mass is 10.0. The van der Waals surface area contributed by atoms with E-state index < -0.39 is 9.84 Å². The van der Waals surface area contributed by atoms with Crippen molar-refractivity contribution < 1.29 is 17.7 Å². The van der Waals surface area contributed by atoms with Crippen molar-refractivity contribution in [1.29, 1.82) is 0 Å². The van der Waals surface area contributed by atoms with Gasteiger partial charge >= 0.3 is 0 Å². The van der Waals surface area contributed by atoms with Crippen LogP contribution in [0.1, 0.15) is 40.4 Å². The van der Waals surface area contributed by atoms with Gasteiger partial charge < -0.3 is 4.52 Å². The topological polar surface area (TPSA) is 77.2 Å². The van der Waals surface area contributed by atoms with Gasteiger partial charge in [0.15, 0.2) is 21.4 Å². The fourth-order valence-corrected chi connectivity index (χ4v) is 3.64. The van der Waals surface area contributed by atoms with Crippen LogP contribution >= 0.6 is 11.8 Å². The molecule has 0 N–H and O–H groups in total. The molecule has 0 saturated heterocycles. The molecule has 0 spiro atoms. The molecule has 1 fully saturated rings. The van der Waals surface area contributed by atoms with Gasteiger partial charge in [-0.25, -0.2) is 8.42 Å². The summed E-state index contributed by atoms with van der Waals surface area (Å²) in [7, 11) is -3.30.